The minimum Gasteiger partial charge on any atom is -0.381 e. The third-order valence-corrected chi connectivity index (χ3v) is 6.25. The normalized spacial score (nSPS) is 22.7. The van der Waals surface area contributed by atoms with Crippen molar-refractivity contribution < 1.29 is 27.1 Å². The van der Waals surface area contributed by atoms with Gasteiger partial charge in [0.15, 0.2) is 5.82 Å². The molecule has 1 amide bonds. The first-order chi connectivity index (χ1) is 15.3. The maximum absolute atomic E-state index is 14.6. The van der Waals surface area contributed by atoms with Crippen LogP contribution in [0.2, 0.25) is 0 Å². The SMILES string of the molecule is COC1CCC(C(=O)Nc2c(-c3cc(F)ccc3F)ccnc2N2CCC(F)(F)C2)CC1. The highest BCUT2D eigenvalue weighted by Crippen LogP contribution is 2.40. The summed E-state index contributed by atoms with van der Waals surface area (Å²) < 4.78 is 61.6. The molecular weight excluding hydrogens is 426 g/mol. The largest absolute Gasteiger partial charge is 0.381 e. The second kappa shape index (κ2) is 9.05. The van der Waals surface area contributed by atoms with Crippen molar-refractivity contribution in [3.05, 3.63) is 42.1 Å². The molecule has 1 aliphatic carbocycles. The Morgan fingerprint density at radius 1 is 1.16 bits per heavy atom. The number of nitrogens with zero attached hydrogens (tertiary/aromatic N) is 2. The Bertz CT molecular complexity index is 993. The Kier molecular flexibility index (Phi) is 6.37. The van der Waals surface area contributed by atoms with E-state index in [1.165, 1.54) is 17.2 Å². The molecule has 9 heteroatoms. The van der Waals surface area contributed by atoms with Crippen molar-refractivity contribution in [2.24, 2.45) is 5.92 Å². The summed E-state index contributed by atoms with van der Waals surface area (Å²) in [5.74, 6) is -4.68. The summed E-state index contributed by atoms with van der Waals surface area (Å²) in [6, 6.07) is 4.46. The lowest BCUT2D eigenvalue weighted by Crippen LogP contribution is -2.31. The number of benzene rings is 1. The second-order valence-corrected chi connectivity index (χ2v) is 8.41. The average molecular weight is 451 g/mol. The Morgan fingerprint density at radius 2 is 1.91 bits per heavy atom. The Hall–Kier alpha value is -2.68. The molecule has 0 radical (unpaired) electrons. The zero-order chi connectivity index (χ0) is 22.9. The molecule has 2 fully saturated rings. The summed E-state index contributed by atoms with van der Waals surface area (Å²) in [5.41, 5.74) is 0.243. The second-order valence-electron chi connectivity index (χ2n) is 8.41. The third-order valence-electron chi connectivity index (χ3n) is 6.25. The maximum Gasteiger partial charge on any atom is 0.266 e. The van der Waals surface area contributed by atoms with E-state index in [-0.39, 0.29) is 53.5 Å². The number of ether oxygens (including phenoxy) is 1. The lowest BCUT2D eigenvalue weighted by molar-refractivity contribution is -0.121. The van der Waals surface area contributed by atoms with Gasteiger partial charge in [0.05, 0.1) is 18.3 Å². The summed E-state index contributed by atoms with van der Waals surface area (Å²) >= 11 is 0. The molecule has 2 aliphatic rings. The summed E-state index contributed by atoms with van der Waals surface area (Å²) in [6.45, 7) is -0.520. The molecule has 2 heterocycles. The van der Waals surface area contributed by atoms with Gasteiger partial charge in [0.25, 0.3) is 5.92 Å². The number of alkyl halides is 2. The van der Waals surface area contributed by atoms with Crippen LogP contribution in [0.4, 0.5) is 29.1 Å². The number of methoxy groups -OCH3 is 1. The molecule has 1 saturated heterocycles. The number of nitrogens with one attached hydrogen (secondary N) is 1. The van der Waals surface area contributed by atoms with E-state index >= 15 is 0 Å². The van der Waals surface area contributed by atoms with Gasteiger partial charge in [0.2, 0.25) is 5.91 Å². The molecule has 1 aliphatic heterocycles. The summed E-state index contributed by atoms with van der Waals surface area (Å²) in [7, 11) is 1.64. The van der Waals surface area contributed by atoms with Gasteiger partial charge in [-0.15, -0.1) is 0 Å². The number of aromatic nitrogens is 1. The van der Waals surface area contributed by atoms with E-state index in [1.54, 1.807) is 7.11 Å². The highest BCUT2D eigenvalue weighted by atomic mass is 19.3. The lowest BCUT2D eigenvalue weighted by atomic mass is 9.86. The van der Waals surface area contributed by atoms with E-state index in [4.69, 9.17) is 4.74 Å². The molecule has 0 spiro atoms. The van der Waals surface area contributed by atoms with Crippen LogP contribution < -0.4 is 10.2 Å². The van der Waals surface area contributed by atoms with Gasteiger partial charge in [0.1, 0.15) is 11.6 Å². The topological polar surface area (TPSA) is 54.5 Å². The summed E-state index contributed by atoms with van der Waals surface area (Å²) in [4.78, 5) is 18.7. The zero-order valence-electron chi connectivity index (χ0n) is 17.7. The molecule has 1 aromatic heterocycles. The average Bonchev–Trinajstić information content (AvgIpc) is 3.15. The third kappa shape index (κ3) is 4.72. The van der Waals surface area contributed by atoms with Crippen LogP contribution in [-0.2, 0) is 9.53 Å². The predicted molar refractivity (Wildman–Crippen MR) is 113 cm³/mol. The monoisotopic (exact) mass is 451 g/mol. The van der Waals surface area contributed by atoms with Crippen LogP contribution in [0, 0.1) is 17.6 Å². The van der Waals surface area contributed by atoms with E-state index in [9.17, 15) is 22.4 Å². The number of amides is 1. The first-order valence-electron chi connectivity index (χ1n) is 10.7. The molecule has 0 unspecified atom stereocenters. The zero-order valence-corrected chi connectivity index (χ0v) is 17.7. The molecule has 172 valence electrons. The minimum atomic E-state index is -2.89. The van der Waals surface area contributed by atoms with Gasteiger partial charge in [-0.05, 0) is 49.9 Å². The van der Waals surface area contributed by atoms with Crippen LogP contribution in [0.25, 0.3) is 11.1 Å². The summed E-state index contributed by atoms with van der Waals surface area (Å²) in [5, 5.41) is 2.81. The fourth-order valence-corrected chi connectivity index (χ4v) is 4.44. The van der Waals surface area contributed by atoms with Gasteiger partial charge >= 0.3 is 0 Å². The number of anilines is 2. The van der Waals surface area contributed by atoms with E-state index in [0.717, 1.165) is 31.0 Å². The van der Waals surface area contributed by atoms with Crippen LogP contribution in [0.3, 0.4) is 0 Å². The van der Waals surface area contributed by atoms with Crippen LogP contribution in [0.15, 0.2) is 30.5 Å². The van der Waals surface area contributed by atoms with Crippen LogP contribution in [-0.4, -0.2) is 43.1 Å². The van der Waals surface area contributed by atoms with E-state index in [0.29, 0.717) is 12.8 Å². The van der Waals surface area contributed by atoms with Gasteiger partial charge in [-0.1, -0.05) is 0 Å². The van der Waals surface area contributed by atoms with Gasteiger partial charge < -0.3 is 15.0 Å². The molecule has 1 aromatic carbocycles. The van der Waals surface area contributed by atoms with E-state index in [1.807, 2.05) is 0 Å². The fourth-order valence-electron chi connectivity index (χ4n) is 4.44. The highest BCUT2D eigenvalue weighted by molar-refractivity contribution is 6.00. The molecule has 0 bridgehead atoms. The molecule has 0 atom stereocenters. The number of halogens is 4. The Balaban J connectivity index is 1.71. The van der Waals surface area contributed by atoms with Crippen molar-refractivity contribution >= 4 is 17.4 Å². The Labute approximate surface area is 183 Å². The van der Waals surface area contributed by atoms with Gasteiger partial charge in [-0.25, -0.2) is 22.5 Å². The molecule has 2 aromatic rings. The Morgan fingerprint density at radius 3 is 2.56 bits per heavy atom. The number of hydrogen-bond acceptors (Lipinski definition) is 4. The molecular formula is C23H25F4N3O2. The quantitative estimate of drug-likeness (QED) is 0.649. The van der Waals surface area contributed by atoms with Crippen molar-refractivity contribution in [3.63, 3.8) is 0 Å². The molecule has 1 saturated carbocycles. The highest BCUT2D eigenvalue weighted by Gasteiger charge is 2.40. The first kappa shape index (κ1) is 22.5. The lowest BCUT2D eigenvalue weighted by Gasteiger charge is -2.28. The smallest absolute Gasteiger partial charge is 0.266 e. The number of carbonyl (C=O) groups is 1. The van der Waals surface area contributed by atoms with Crippen LogP contribution in [0.1, 0.15) is 32.1 Å². The molecule has 4 rings (SSSR count). The predicted octanol–water partition coefficient (Wildman–Crippen LogP) is 5.02. The first-order valence-corrected chi connectivity index (χ1v) is 10.7. The van der Waals surface area contributed by atoms with Crippen LogP contribution >= 0.6 is 0 Å². The standard InChI is InChI=1S/C23H25F4N3O2/c1-32-16-5-2-14(3-6-16)22(31)29-20-17(18-12-15(24)4-7-19(18)25)8-10-28-21(20)30-11-9-23(26,27)13-30/h4,7-8,10,12,14,16H,2-3,5-6,9,11,13H2,1H3,(H,29,31). The van der Waals surface area contributed by atoms with Crippen molar-refractivity contribution in [2.75, 3.05) is 30.4 Å². The fraction of sp³-hybridized carbons (Fsp3) is 0.478. The molecule has 5 nitrogen and oxygen atoms in total. The summed E-state index contributed by atoms with van der Waals surface area (Å²) in [6.07, 6.45) is 3.82. The maximum atomic E-state index is 14.6. The van der Waals surface area contributed by atoms with E-state index in [2.05, 4.69) is 10.3 Å². The van der Waals surface area contributed by atoms with Crippen molar-refractivity contribution in [3.8, 4) is 11.1 Å². The van der Waals surface area contributed by atoms with Gasteiger partial charge in [-0.3, -0.25) is 4.79 Å². The van der Waals surface area contributed by atoms with Crippen LogP contribution in [0.5, 0.6) is 0 Å². The van der Waals surface area contributed by atoms with E-state index < -0.39 is 24.1 Å². The van der Waals surface area contributed by atoms with Crippen molar-refractivity contribution in [1.29, 1.82) is 0 Å². The number of hydrogen-bond donors (Lipinski definition) is 1. The van der Waals surface area contributed by atoms with Crippen molar-refractivity contribution in [2.45, 2.75) is 44.1 Å². The molecule has 1 N–H and O–H groups in total. The van der Waals surface area contributed by atoms with Gasteiger partial charge in [-0.2, -0.15) is 0 Å². The molecule has 32 heavy (non-hydrogen) atoms. The number of carbonyl (C=O) groups excluding carboxylic acids is 1. The van der Waals surface area contributed by atoms with Gasteiger partial charge in [0, 0.05) is 43.3 Å². The minimum absolute atomic E-state index is 0.0386. The number of pyridine rings is 1. The number of rotatable bonds is 5. The van der Waals surface area contributed by atoms with Crippen molar-refractivity contribution in [1.82, 2.24) is 4.98 Å².